The van der Waals surface area contributed by atoms with Gasteiger partial charge in [0, 0.05) is 0 Å². The van der Waals surface area contributed by atoms with Gasteiger partial charge in [0.05, 0.1) is 5.56 Å². The Morgan fingerprint density at radius 3 is 2.43 bits per heavy atom. The Kier molecular flexibility index (Phi) is 2.70. The molecule has 2 nitrogen and oxygen atoms in total. The largest absolute Gasteiger partial charge is 0.365 e. The van der Waals surface area contributed by atoms with Gasteiger partial charge in [0.25, 0.3) is 5.91 Å². The standard InChI is InChI=1S/C11H12FNO/c1-6(2)8-4-7(3)10(11(13)14)9(12)5-8/h4-5H,1H2,2-3H3,(H2,13,14). The number of halogens is 1. The number of primary amides is 1. The monoisotopic (exact) mass is 193 g/mol. The minimum Gasteiger partial charge on any atom is -0.365 e. The van der Waals surface area contributed by atoms with Gasteiger partial charge in [-0.05, 0) is 31.0 Å². The van der Waals surface area contributed by atoms with Crippen LogP contribution in [0.3, 0.4) is 0 Å². The van der Waals surface area contributed by atoms with Gasteiger partial charge < -0.3 is 5.73 Å². The molecule has 0 spiro atoms. The van der Waals surface area contributed by atoms with Crippen molar-refractivity contribution in [1.29, 1.82) is 0 Å². The fraction of sp³-hybridized carbons (Fsp3) is 0.182. The minimum absolute atomic E-state index is 0.0463. The second-order valence-corrected chi connectivity index (χ2v) is 3.29. The van der Waals surface area contributed by atoms with Crippen LogP contribution < -0.4 is 5.73 Å². The molecule has 0 heterocycles. The highest BCUT2D eigenvalue weighted by atomic mass is 19.1. The van der Waals surface area contributed by atoms with E-state index in [-0.39, 0.29) is 5.56 Å². The summed E-state index contributed by atoms with van der Waals surface area (Å²) in [7, 11) is 0. The number of aryl methyl sites for hydroxylation is 1. The van der Waals surface area contributed by atoms with Gasteiger partial charge in [0.15, 0.2) is 0 Å². The van der Waals surface area contributed by atoms with Gasteiger partial charge in [-0.1, -0.05) is 18.2 Å². The Balaban J connectivity index is 3.39. The third-order valence-electron chi connectivity index (χ3n) is 2.03. The number of carbonyl (C=O) groups is 1. The molecular formula is C11H12FNO. The Hall–Kier alpha value is -1.64. The van der Waals surface area contributed by atoms with Crippen LogP contribution in [0.1, 0.15) is 28.4 Å². The van der Waals surface area contributed by atoms with Gasteiger partial charge >= 0.3 is 0 Å². The van der Waals surface area contributed by atoms with Crippen molar-refractivity contribution in [1.82, 2.24) is 0 Å². The van der Waals surface area contributed by atoms with Crippen LogP contribution in [0.5, 0.6) is 0 Å². The van der Waals surface area contributed by atoms with Crippen LogP contribution in [-0.4, -0.2) is 5.91 Å². The van der Waals surface area contributed by atoms with Gasteiger partial charge in [-0.15, -0.1) is 0 Å². The van der Waals surface area contributed by atoms with E-state index in [9.17, 15) is 9.18 Å². The third kappa shape index (κ3) is 1.82. The molecule has 0 aliphatic heterocycles. The molecule has 2 N–H and O–H groups in total. The lowest BCUT2D eigenvalue weighted by Crippen LogP contribution is -2.15. The molecule has 0 fully saturated rings. The zero-order valence-electron chi connectivity index (χ0n) is 8.23. The maximum absolute atomic E-state index is 13.4. The third-order valence-corrected chi connectivity index (χ3v) is 2.03. The first-order chi connectivity index (χ1) is 6.43. The highest BCUT2D eigenvalue weighted by Crippen LogP contribution is 2.19. The smallest absolute Gasteiger partial charge is 0.251 e. The van der Waals surface area contributed by atoms with E-state index in [1.165, 1.54) is 6.07 Å². The number of hydrogen-bond donors (Lipinski definition) is 1. The van der Waals surface area contributed by atoms with Crippen LogP contribution in [0.25, 0.3) is 5.57 Å². The van der Waals surface area contributed by atoms with Crippen LogP contribution in [0, 0.1) is 12.7 Å². The number of benzene rings is 1. The molecule has 1 aromatic rings. The number of hydrogen-bond acceptors (Lipinski definition) is 1. The number of rotatable bonds is 2. The van der Waals surface area contributed by atoms with E-state index in [2.05, 4.69) is 6.58 Å². The number of allylic oxidation sites excluding steroid dienone is 1. The van der Waals surface area contributed by atoms with Crippen molar-refractivity contribution in [2.24, 2.45) is 5.73 Å². The Labute approximate surface area is 82.2 Å². The number of amides is 1. The predicted octanol–water partition coefficient (Wildman–Crippen LogP) is 2.27. The van der Waals surface area contributed by atoms with E-state index in [0.29, 0.717) is 11.1 Å². The molecule has 14 heavy (non-hydrogen) atoms. The molecule has 0 aliphatic carbocycles. The summed E-state index contributed by atoms with van der Waals surface area (Å²) in [6.45, 7) is 7.12. The molecule has 1 amide bonds. The molecule has 0 aromatic heterocycles. The Morgan fingerprint density at radius 2 is 2.07 bits per heavy atom. The quantitative estimate of drug-likeness (QED) is 0.769. The Morgan fingerprint density at radius 1 is 1.50 bits per heavy atom. The Bertz CT molecular complexity index is 387. The van der Waals surface area contributed by atoms with Crippen LogP contribution >= 0.6 is 0 Å². The molecule has 1 aromatic carbocycles. The van der Waals surface area contributed by atoms with E-state index >= 15 is 0 Å². The first kappa shape index (κ1) is 10.4. The second-order valence-electron chi connectivity index (χ2n) is 3.29. The summed E-state index contributed by atoms with van der Waals surface area (Å²) >= 11 is 0. The van der Waals surface area contributed by atoms with Gasteiger partial charge in [-0.3, -0.25) is 4.79 Å². The lowest BCUT2D eigenvalue weighted by atomic mass is 10.0. The van der Waals surface area contributed by atoms with Crippen molar-refractivity contribution in [3.8, 4) is 0 Å². The summed E-state index contributed by atoms with van der Waals surface area (Å²) in [5, 5.41) is 0. The van der Waals surface area contributed by atoms with Crippen LogP contribution in [0.15, 0.2) is 18.7 Å². The summed E-state index contributed by atoms with van der Waals surface area (Å²) in [5.74, 6) is -1.33. The molecule has 3 heteroatoms. The predicted molar refractivity (Wildman–Crippen MR) is 54.4 cm³/mol. The van der Waals surface area contributed by atoms with Gasteiger partial charge in [0.2, 0.25) is 0 Å². The molecular weight excluding hydrogens is 181 g/mol. The summed E-state index contributed by atoms with van der Waals surface area (Å²) < 4.78 is 13.4. The van der Waals surface area contributed by atoms with Crippen LogP contribution in [-0.2, 0) is 0 Å². The summed E-state index contributed by atoms with van der Waals surface area (Å²) in [6.07, 6.45) is 0. The molecule has 1 rings (SSSR count). The fourth-order valence-corrected chi connectivity index (χ4v) is 1.30. The van der Waals surface area contributed by atoms with Gasteiger partial charge in [0.1, 0.15) is 5.82 Å². The summed E-state index contributed by atoms with van der Waals surface area (Å²) in [6, 6.07) is 2.97. The van der Waals surface area contributed by atoms with Crippen molar-refractivity contribution < 1.29 is 9.18 Å². The lowest BCUT2D eigenvalue weighted by molar-refractivity contribution is 0.0996. The molecule has 0 saturated heterocycles. The number of nitrogens with two attached hydrogens (primary N) is 1. The lowest BCUT2D eigenvalue weighted by Gasteiger charge is -2.07. The van der Waals surface area contributed by atoms with Crippen molar-refractivity contribution in [3.05, 3.63) is 41.2 Å². The van der Waals surface area contributed by atoms with Crippen molar-refractivity contribution in [2.75, 3.05) is 0 Å². The highest BCUT2D eigenvalue weighted by molar-refractivity contribution is 5.95. The average molecular weight is 193 g/mol. The molecule has 0 saturated carbocycles. The zero-order chi connectivity index (χ0) is 10.9. The molecule has 0 bridgehead atoms. The molecule has 74 valence electrons. The maximum Gasteiger partial charge on any atom is 0.251 e. The summed E-state index contributed by atoms with van der Waals surface area (Å²) in [5.41, 5.74) is 6.97. The average Bonchev–Trinajstić information content (AvgIpc) is 2.01. The van der Waals surface area contributed by atoms with Crippen molar-refractivity contribution in [3.63, 3.8) is 0 Å². The zero-order valence-corrected chi connectivity index (χ0v) is 8.23. The van der Waals surface area contributed by atoms with E-state index < -0.39 is 11.7 Å². The molecule has 0 radical (unpaired) electrons. The molecule has 0 aliphatic rings. The molecule has 0 unspecified atom stereocenters. The SMILES string of the molecule is C=C(C)c1cc(C)c(C(N)=O)c(F)c1. The summed E-state index contributed by atoms with van der Waals surface area (Å²) in [4.78, 5) is 10.9. The van der Waals surface area contributed by atoms with Crippen LogP contribution in [0.4, 0.5) is 4.39 Å². The topological polar surface area (TPSA) is 43.1 Å². The van der Waals surface area contributed by atoms with Crippen molar-refractivity contribution in [2.45, 2.75) is 13.8 Å². The fourth-order valence-electron chi connectivity index (χ4n) is 1.30. The first-order valence-electron chi connectivity index (χ1n) is 4.19. The maximum atomic E-state index is 13.4. The first-order valence-corrected chi connectivity index (χ1v) is 4.19. The van der Waals surface area contributed by atoms with Gasteiger partial charge in [-0.2, -0.15) is 0 Å². The van der Waals surface area contributed by atoms with Gasteiger partial charge in [-0.25, -0.2) is 4.39 Å². The second kappa shape index (κ2) is 3.62. The van der Waals surface area contributed by atoms with E-state index in [4.69, 9.17) is 5.73 Å². The minimum atomic E-state index is -0.742. The number of carbonyl (C=O) groups excluding carboxylic acids is 1. The van der Waals surface area contributed by atoms with E-state index in [1.54, 1.807) is 19.9 Å². The van der Waals surface area contributed by atoms with E-state index in [1.807, 2.05) is 0 Å². The highest BCUT2D eigenvalue weighted by Gasteiger charge is 2.12. The van der Waals surface area contributed by atoms with Crippen molar-refractivity contribution >= 4 is 11.5 Å². The van der Waals surface area contributed by atoms with E-state index in [0.717, 1.165) is 5.57 Å². The van der Waals surface area contributed by atoms with Crippen LogP contribution in [0.2, 0.25) is 0 Å². The normalized spacial score (nSPS) is 9.93. The molecule has 0 atom stereocenters.